The minimum Gasteiger partial charge on any atom is -0.392 e. The van der Waals surface area contributed by atoms with Crippen molar-refractivity contribution in [3.05, 3.63) is 11.0 Å². The first-order valence-corrected chi connectivity index (χ1v) is 7.73. The number of amides is 2. The van der Waals surface area contributed by atoms with Gasteiger partial charge in [-0.25, -0.2) is 0 Å². The molecule has 0 spiro atoms. The van der Waals surface area contributed by atoms with E-state index in [0.29, 0.717) is 16.6 Å². The third-order valence-electron chi connectivity index (χ3n) is 5.60. The summed E-state index contributed by atoms with van der Waals surface area (Å²) in [6.07, 6.45) is 4.13. The summed E-state index contributed by atoms with van der Waals surface area (Å²) in [5.74, 6) is 0.660. The quantitative estimate of drug-likeness (QED) is 0.768. The fourth-order valence-electron chi connectivity index (χ4n) is 4.09. The maximum Gasteiger partial charge on any atom is 0.264 e. The van der Waals surface area contributed by atoms with Crippen molar-refractivity contribution in [1.82, 2.24) is 5.32 Å². The van der Waals surface area contributed by atoms with Gasteiger partial charge in [-0.15, -0.1) is 11.8 Å². The van der Waals surface area contributed by atoms with Crippen molar-refractivity contribution >= 4 is 23.6 Å². The number of carbonyl (C=O) groups excluding carboxylic acids is 2. The largest absolute Gasteiger partial charge is 0.392 e. The zero-order valence-electron chi connectivity index (χ0n) is 11.2. The zero-order chi connectivity index (χ0) is 13.8. The molecule has 2 bridgehead atoms. The van der Waals surface area contributed by atoms with Crippen LogP contribution in [0.2, 0.25) is 0 Å². The highest BCUT2D eigenvalue weighted by atomic mass is 32.2. The Kier molecular flexibility index (Phi) is 2.84. The summed E-state index contributed by atoms with van der Waals surface area (Å²) in [6, 6.07) is 0. The van der Waals surface area contributed by atoms with E-state index in [1.807, 2.05) is 0 Å². The molecular weight excluding hydrogens is 262 g/mol. The predicted octanol–water partition coefficient (Wildman–Crippen LogP) is 1.45. The van der Waals surface area contributed by atoms with Crippen LogP contribution in [0.5, 0.6) is 0 Å². The van der Waals surface area contributed by atoms with Gasteiger partial charge >= 0.3 is 0 Å². The van der Waals surface area contributed by atoms with Crippen molar-refractivity contribution < 1.29 is 14.7 Å². The molecule has 4 nitrogen and oxygen atoms in total. The number of aliphatic hydroxyl groups is 1. The van der Waals surface area contributed by atoms with E-state index in [1.54, 1.807) is 0 Å². The van der Waals surface area contributed by atoms with Gasteiger partial charge in [0.05, 0.1) is 11.0 Å². The number of aliphatic hydroxyl groups excluding tert-OH is 1. The van der Waals surface area contributed by atoms with E-state index in [9.17, 15) is 14.7 Å². The lowest BCUT2D eigenvalue weighted by molar-refractivity contribution is -0.123. The van der Waals surface area contributed by atoms with Crippen molar-refractivity contribution in [3.63, 3.8) is 0 Å². The second-order valence-electron chi connectivity index (χ2n) is 6.48. The molecule has 3 atom stereocenters. The Morgan fingerprint density at radius 3 is 2.68 bits per heavy atom. The van der Waals surface area contributed by atoms with E-state index >= 15 is 0 Å². The van der Waals surface area contributed by atoms with Crippen molar-refractivity contribution in [2.24, 2.45) is 16.7 Å². The van der Waals surface area contributed by atoms with Gasteiger partial charge in [-0.05, 0) is 30.6 Å². The smallest absolute Gasteiger partial charge is 0.264 e. The molecule has 0 aromatic carbocycles. The average molecular weight is 281 g/mol. The number of rotatable bonds is 3. The summed E-state index contributed by atoms with van der Waals surface area (Å²) >= 11 is 1.42. The van der Waals surface area contributed by atoms with Gasteiger partial charge in [0, 0.05) is 17.2 Å². The summed E-state index contributed by atoms with van der Waals surface area (Å²) in [5, 5.41) is 12.7. The molecule has 5 heteroatoms. The maximum atomic E-state index is 11.6. The summed E-state index contributed by atoms with van der Waals surface area (Å²) in [4.78, 5) is 23.2. The van der Waals surface area contributed by atoms with E-state index in [0.717, 1.165) is 19.3 Å². The molecule has 3 aliphatic rings. The van der Waals surface area contributed by atoms with Crippen molar-refractivity contribution in [3.8, 4) is 0 Å². The van der Waals surface area contributed by atoms with Crippen LogP contribution in [0.4, 0.5) is 0 Å². The second-order valence-corrected chi connectivity index (χ2v) is 7.50. The first kappa shape index (κ1) is 13.2. The Hall–Kier alpha value is -0.810. The zero-order valence-corrected chi connectivity index (χ0v) is 12.0. The number of hydrogen-bond acceptors (Lipinski definition) is 4. The Morgan fingerprint density at radius 2 is 2.21 bits per heavy atom. The normalized spacial score (nSPS) is 39.6. The van der Waals surface area contributed by atoms with E-state index in [1.165, 1.54) is 17.8 Å². The van der Waals surface area contributed by atoms with E-state index < -0.39 is 0 Å². The summed E-state index contributed by atoms with van der Waals surface area (Å²) in [5.41, 5.74) is -0.00580. The average Bonchev–Trinajstić information content (AvgIpc) is 2.83. The van der Waals surface area contributed by atoms with Crippen LogP contribution in [0.15, 0.2) is 11.0 Å². The van der Waals surface area contributed by atoms with Gasteiger partial charge in [-0.2, -0.15) is 0 Å². The SMILES string of the molecule is CC1(C)[C@@H]2CC[C@@]1(CSC1=CC(=O)NC1=O)[C@H](O)C2. The Labute approximate surface area is 117 Å². The summed E-state index contributed by atoms with van der Waals surface area (Å²) < 4.78 is 0. The number of nitrogens with one attached hydrogen (secondary N) is 1. The highest BCUT2D eigenvalue weighted by molar-refractivity contribution is 8.04. The monoisotopic (exact) mass is 281 g/mol. The van der Waals surface area contributed by atoms with Gasteiger partial charge in [0.2, 0.25) is 0 Å². The second kappa shape index (κ2) is 4.09. The molecule has 2 aliphatic carbocycles. The lowest BCUT2D eigenvalue weighted by atomic mass is 9.70. The molecule has 2 fully saturated rings. The third kappa shape index (κ3) is 1.71. The Bertz CT molecular complexity index is 485. The van der Waals surface area contributed by atoms with E-state index in [4.69, 9.17) is 0 Å². The van der Waals surface area contributed by atoms with Crippen LogP contribution >= 0.6 is 11.8 Å². The molecule has 1 aliphatic heterocycles. The molecular formula is C14H19NO3S. The lowest BCUT2D eigenvalue weighted by Crippen LogP contribution is -2.41. The standard InChI is InChI=1S/C14H19NO3S/c1-13(2)8-3-4-14(13,10(16)5-8)7-19-9-6-11(17)15-12(9)18/h6,8,10,16H,3-5,7H2,1-2H3,(H,15,17,18)/t8-,10-,14-/m1/s1. The minimum absolute atomic E-state index is 0.110. The van der Waals surface area contributed by atoms with Crippen molar-refractivity contribution in [2.75, 3.05) is 5.75 Å². The van der Waals surface area contributed by atoms with Gasteiger partial charge < -0.3 is 5.11 Å². The molecule has 0 radical (unpaired) electrons. The number of thioether (sulfide) groups is 1. The number of imide groups is 1. The molecule has 2 N–H and O–H groups in total. The van der Waals surface area contributed by atoms with Gasteiger partial charge in [-0.3, -0.25) is 14.9 Å². The lowest BCUT2D eigenvalue weighted by Gasteiger charge is -2.40. The van der Waals surface area contributed by atoms with Gasteiger partial charge in [0.25, 0.3) is 11.8 Å². The number of hydrogen-bond donors (Lipinski definition) is 2. The van der Waals surface area contributed by atoms with E-state index in [-0.39, 0.29) is 28.7 Å². The Morgan fingerprint density at radius 1 is 1.47 bits per heavy atom. The first-order chi connectivity index (χ1) is 8.87. The van der Waals surface area contributed by atoms with Crippen LogP contribution in [0.3, 0.4) is 0 Å². The van der Waals surface area contributed by atoms with Crippen molar-refractivity contribution in [1.29, 1.82) is 0 Å². The molecule has 0 aromatic rings. The van der Waals surface area contributed by atoms with Crippen LogP contribution < -0.4 is 5.32 Å². The number of fused-ring (bicyclic) bond motifs is 2. The summed E-state index contributed by atoms with van der Waals surface area (Å²) in [6.45, 7) is 4.46. The van der Waals surface area contributed by atoms with Crippen LogP contribution in [0.1, 0.15) is 33.1 Å². The minimum atomic E-state index is -0.333. The first-order valence-electron chi connectivity index (χ1n) is 6.75. The van der Waals surface area contributed by atoms with E-state index in [2.05, 4.69) is 19.2 Å². The topological polar surface area (TPSA) is 66.4 Å². The highest BCUT2D eigenvalue weighted by Crippen LogP contribution is 2.66. The van der Waals surface area contributed by atoms with Crippen LogP contribution in [0.25, 0.3) is 0 Å². The fraction of sp³-hybridized carbons (Fsp3) is 0.714. The molecule has 104 valence electrons. The van der Waals surface area contributed by atoms with Gasteiger partial charge in [-0.1, -0.05) is 13.8 Å². The summed E-state index contributed by atoms with van der Waals surface area (Å²) in [7, 11) is 0. The third-order valence-corrected chi connectivity index (χ3v) is 6.87. The molecule has 1 heterocycles. The molecule has 0 saturated heterocycles. The van der Waals surface area contributed by atoms with Crippen molar-refractivity contribution in [2.45, 2.75) is 39.2 Å². The fourth-order valence-corrected chi connectivity index (χ4v) is 5.58. The number of carbonyl (C=O) groups is 2. The van der Waals surface area contributed by atoms with Crippen LogP contribution in [0, 0.1) is 16.7 Å². The molecule has 2 amide bonds. The molecule has 0 unspecified atom stereocenters. The van der Waals surface area contributed by atoms with Gasteiger partial charge in [0.15, 0.2) is 0 Å². The molecule has 0 aromatic heterocycles. The van der Waals surface area contributed by atoms with Crippen LogP contribution in [-0.4, -0.2) is 28.8 Å². The molecule has 19 heavy (non-hydrogen) atoms. The predicted molar refractivity (Wildman–Crippen MR) is 73.3 cm³/mol. The van der Waals surface area contributed by atoms with Gasteiger partial charge in [0.1, 0.15) is 0 Å². The maximum absolute atomic E-state index is 11.6. The highest BCUT2D eigenvalue weighted by Gasteiger charge is 2.63. The Balaban J connectivity index is 1.78. The molecule has 3 rings (SSSR count). The van der Waals surface area contributed by atoms with Crippen LogP contribution in [-0.2, 0) is 9.59 Å². The molecule has 2 saturated carbocycles.